The number of hydrogen-bond donors (Lipinski definition) is 1. The van der Waals surface area contributed by atoms with Gasteiger partial charge in [-0.2, -0.15) is 5.21 Å². The van der Waals surface area contributed by atoms with Crippen LogP contribution in [0, 0.1) is 5.82 Å². The smallest absolute Gasteiger partial charge is 0.325 e. The van der Waals surface area contributed by atoms with Crippen molar-refractivity contribution in [2.24, 2.45) is 0 Å². The number of nitrogens with zero attached hydrogens (tertiary/aromatic N) is 5. The lowest BCUT2D eigenvalue weighted by Crippen LogP contribution is -2.57. The molecule has 180 valence electrons. The van der Waals surface area contributed by atoms with Crippen molar-refractivity contribution in [3.8, 4) is 11.5 Å². The number of H-pyrrole nitrogens is 1. The fraction of sp³-hybridized carbons (Fsp3) is 0.391. The van der Waals surface area contributed by atoms with Gasteiger partial charge in [0.05, 0.1) is 6.54 Å². The van der Waals surface area contributed by atoms with E-state index in [2.05, 4.69) is 44.3 Å². The van der Waals surface area contributed by atoms with Crippen LogP contribution in [-0.4, -0.2) is 68.1 Å². The van der Waals surface area contributed by atoms with Crippen LogP contribution >= 0.6 is 11.6 Å². The van der Waals surface area contributed by atoms with Gasteiger partial charge in [-0.3, -0.25) is 14.6 Å². The Balaban J connectivity index is 1.33. The van der Waals surface area contributed by atoms with Crippen molar-refractivity contribution in [2.45, 2.75) is 39.1 Å². The number of benzene rings is 2. The van der Waals surface area contributed by atoms with Gasteiger partial charge in [-0.1, -0.05) is 28.9 Å². The summed E-state index contributed by atoms with van der Waals surface area (Å²) in [4.78, 5) is 17.2. The fourth-order valence-electron chi connectivity index (χ4n) is 3.92. The first-order valence-electron chi connectivity index (χ1n) is 11.0. The molecule has 2 heterocycles. The molecule has 1 aliphatic rings. The van der Waals surface area contributed by atoms with Crippen LogP contribution in [0.3, 0.4) is 0 Å². The molecule has 1 saturated heterocycles. The van der Waals surface area contributed by atoms with E-state index in [0.717, 1.165) is 18.7 Å². The summed E-state index contributed by atoms with van der Waals surface area (Å²) in [6.45, 7) is 6.62. The molecular weight excluding hydrogens is 463 g/mol. The first-order valence-corrected chi connectivity index (χ1v) is 11.3. The van der Waals surface area contributed by atoms with Crippen molar-refractivity contribution >= 4 is 17.6 Å². The van der Waals surface area contributed by atoms with Gasteiger partial charge in [-0.15, -0.1) is 10.2 Å². The van der Waals surface area contributed by atoms with Crippen LogP contribution in [0.15, 0.2) is 42.5 Å². The molecule has 1 fully saturated rings. The summed E-state index contributed by atoms with van der Waals surface area (Å²) in [6, 6.07) is 11.7. The lowest BCUT2D eigenvalue weighted by Gasteiger charge is -2.43. The Hall–Kier alpha value is -3.08. The number of halogens is 2. The zero-order valence-corrected chi connectivity index (χ0v) is 19.7. The number of aromatic amines is 1. The predicted octanol–water partition coefficient (Wildman–Crippen LogP) is 3.07. The van der Waals surface area contributed by atoms with Crippen molar-refractivity contribution in [3.63, 3.8) is 0 Å². The summed E-state index contributed by atoms with van der Waals surface area (Å²) in [7, 11) is 0. The number of carbonyl (C=O) groups excluding carboxylic acids is 1. The Labute approximate surface area is 201 Å². The molecule has 0 aliphatic carbocycles. The first kappa shape index (κ1) is 24.1. The average molecular weight is 489 g/mol. The number of hydrogen-bond acceptors (Lipinski definition) is 8. The van der Waals surface area contributed by atoms with Gasteiger partial charge in [0, 0.05) is 42.8 Å². The van der Waals surface area contributed by atoms with E-state index in [4.69, 9.17) is 21.1 Å². The molecule has 9 nitrogen and oxygen atoms in total. The second-order valence-corrected chi connectivity index (χ2v) is 8.80. The summed E-state index contributed by atoms with van der Waals surface area (Å²) in [5.74, 6) is 0.318. The molecule has 1 aromatic heterocycles. The van der Waals surface area contributed by atoms with Gasteiger partial charge in [0.2, 0.25) is 5.82 Å². The highest BCUT2D eigenvalue weighted by molar-refractivity contribution is 6.30. The van der Waals surface area contributed by atoms with Crippen LogP contribution in [0.25, 0.3) is 0 Å². The van der Waals surface area contributed by atoms with Gasteiger partial charge < -0.3 is 9.47 Å². The molecular formula is C23H26ClFN6O3. The minimum Gasteiger partial charge on any atom is -0.481 e. The lowest BCUT2D eigenvalue weighted by atomic mass is 10.1. The monoisotopic (exact) mass is 488 g/mol. The van der Waals surface area contributed by atoms with Crippen LogP contribution < -0.4 is 9.47 Å². The third-order valence-electron chi connectivity index (χ3n) is 5.75. The Morgan fingerprint density at radius 2 is 1.85 bits per heavy atom. The Bertz CT molecular complexity index is 1100. The van der Waals surface area contributed by atoms with E-state index >= 15 is 0 Å². The van der Waals surface area contributed by atoms with Crippen LogP contribution in [0.2, 0.25) is 5.02 Å². The van der Waals surface area contributed by atoms with Gasteiger partial charge in [-0.25, -0.2) is 4.39 Å². The molecule has 11 heteroatoms. The van der Waals surface area contributed by atoms with Crippen LogP contribution in [0.5, 0.6) is 11.5 Å². The molecule has 1 aliphatic heterocycles. The number of rotatable bonds is 8. The summed E-state index contributed by atoms with van der Waals surface area (Å²) in [5.41, 5.74) is 1.06. The van der Waals surface area contributed by atoms with E-state index in [-0.39, 0.29) is 36.8 Å². The third kappa shape index (κ3) is 6.28. The molecule has 2 aromatic carbocycles. The fourth-order valence-corrected chi connectivity index (χ4v) is 4.08. The van der Waals surface area contributed by atoms with Crippen molar-refractivity contribution in [3.05, 3.63) is 64.7 Å². The Morgan fingerprint density at radius 3 is 2.59 bits per heavy atom. The number of piperazine rings is 1. The maximum atomic E-state index is 13.2. The number of tetrazole rings is 1. The summed E-state index contributed by atoms with van der Waals surface area (Å²) in [6.07, 6.45) is 0. The normalized spacial score (nSPS) is 19.2. The van der Waals surface area contributed by atoms with Gasteiger partial charge in [0.15, 0.2) is 18.1 Å². The first-order chi connectivity index (χ1) is 16.4. The molecule has 0 spiro atoms. The third-order valence-corrected chi connectivity index (χ3v) is 5.99. The molecule has 0 bridgehead atoms. The zero-order valence-electron chi connectivity index (χ0n) is 18.9. The van der Waals surface area contributed by atoms with Gasteiger partial charge in [-0.05, 0) is 43.7 Å². The number of aromatic nitrogens is 4. The topological polar surface area (TPSA) is 96.5 Å². The number of ether oxygens (including phenoxy) is 2. The van der Waals surface area contributed by atoms with Crippen molar-refractivity contribution in [1.82, 2.24) is 30.4 Å². The van der Waals surface area contributed by atoms with Gasteiger partial charge in [0.25, 0.3) is 0 Å². The largest absolute Gasteiger partial charge is 0.481 e. The highest BCUT2D eigenvalue weighted by Crippen LogP contribution is 2.31. The van der Waals surface area contributed by atoms with Gasteiger partial charge in [0.1, 0.15) is 5.82 Å². The summed E-state index contributed by atoms with van der Waals surface area (Å²) >= 11 is 6.08. The molecule has 1 N–H and O–H groups in total. The molecule has 0 saturated carbocycles. The minimum atomic E-state index is -0.391. The summed E-state index contributed by atoms with van der Waals surface area (Å²) < 4.78 is 24.5. The van der Waals surface area contributed by atoms with E-state index < -0.39 is 5.97 Å². The highest BCUT2D eigenvalue weighted by Gasteiger charge is 2.30. The van der Waals surface area contributed by atoms with E-state index in [1.165, 1.54) is 12.1 Å². The van der Waals surface area contributed by atoms with E-state index in [1.807, 2.05) is 0 Å². The zero-order chi connectivity index (χ0) is 24.1. The molecule has 4 rings (SSSR count). The van der Waals surface area contributed by atoms with Crippen LogP contribution in [-0.2, 0) is 17.9 Å². The maximum absolute atomic E-state index is 13.2. The Kier molecular flexibility index (Phi) is 7.71. The van der Waals surface area contributed by atoms with Crippen molar-refractivity contribution < 1.29 is 18.7 Å². The molecule has 34 heavy (non-hydrogen) atoms. The highest BCUT2D eigenvalue weighted by atomic mass is 35.5. The van der Waals surface area contributed by atoms with Crippen molar-refractivity contribution in [1.29, 1.82) is 0 Å². The van der Waals surface area contributed by atoms with E-state index in [1.54, 1.807) is 30.3 Å². The molecule has 0 amide bonds. The second kappa shape index (κ2) is 10.9. The van der Waals surface area contributed by atoms with E-state index in [0.29, 0.717) is 23.1 Å². The van der Waals surface area contributed by atoms with Crippen LogP contribution in [0.4, 0.5) is 4.39 Å². The number of carbonyl (C=O) groups is 1. The minimum absolute atomic E-state index is 0.0476. The van der Waals surface area contributed by atoms with Crippen molar-refractivity contribution in [2.75, 3.05) is 19.6 Å². The second-order valence-electron chi connectivity index (χ2n) is 8.37. The maximum Gasteiger partial charge on any atom is 0.325 e. The summed E-state index contributed by atoms with van der Waals surface area (Å²) in [5, 5.41) is 13.9. The average Bonchev–Trinajstić information content (AvgIpc) is 3.32. The lowest BCUT2D eigenvalue weighted by molar-refractivity contribution is -0.137. The molecule has 0 radical (unpaired) electrons. The van der Waals surface area contributed by atoms with Crippen LogP contribution in [0.1, 0.15) is 25.2 Å². The molecule has 2 atom stereocenters. The predicted molar refractivity (Wildman–Crippen MR) is 123 cm³/mol. The molecule has 0 unspecified atom stereocenters. The molecule has 3 aromatic rings. The number of nitrogens with one attached hydrogen (secondary N) is 1. The number of esters is 1. The SMILES string of the molecule is C[C@@H]1CN(Cc2ccc(F)cc2)[C@@H](C)CN1CC(=O)Oc1ccc(Cl)cc1OCc1nn[nH]n1. The Morgan fingerprint density at radius 1 is 1.12 bits per heavy atom. The quantitative estimate of drug-likeness (QED) is 0.382. The standard InChI is InChI=1S/C23H26ClFN6O3/c1-15-11-31(16(2)10-30(15)12-17-3-6-19(25)7-4-17)13-23(32)34-20-8-5-18(24)9-21(20)33-14-22-26-28-29-27-22/h3-9,15-16H,10-14H2,1-2H3,(H,26,27,28,29)/t15-,16+/m0/s1. The van der Waals surface area contributed by atoms with E-state index in [9.17, 15) is 9.18 Å². The van der Waals surface area contributed by atoms with Gasteiger partial charge >= 0.3 is 5.97 Å².